The van der Waals surface area contributed by atoms with Gasteiger partial charge < -0.3 is 4.74 Å². The van der Waals surface area contributed by atoms with Gasteiger partial charge in [0, 0.05) is 27.6 Å². The molecule has 23 heavy (non-hydrogen) atoms. The van der Waals surface area contributed by atoms with Crippen molar-refractivity contribution in [2.75, 3.05) is 6.61 Å². The molecule has 0 bridgehead atoms. The lowest BCUT2D eigenvalue weighted by atomic mass is 10.0. The Bertz CT molecular complexity index is 622. The van der Waals surface area contributed by atoms with Gasteiger partial charge in [0.1, 0.15) is 0 Å². The number of rotatable bonds is 4. The molecule has 0 saturated carbocycles. The second kappa shape index (κ2) is 12.3. The number of hydrogen-bond donors (Lipinski definition) is 0. The minimum Gasteiger partial charge on any atom is -0.461 e. The van der Waals surface area contributed by atoms with Crippen molar-refractivity contribution in [2.45, 2.75) is 13.3 Å². The highest BCUT2D eigenvalue weighted by atomic mass is 36.0. The van der Waals surface area contributed by atoms with E-state index in [1.807, 2.05) is 42.5 Å². The van der Waals surface area contributed by atoms with E-state index in [1.165, 1.54) is 0 Å². The zero-order chi connectivity index (χ0) is 16.4. The molecule has 4 nitrogen and oxygen atoms in total. The first-order valence-corrected chi connectivity index (χ1v) is 9.24. The van der Waals surface area contributed by atoms with Gasteiger partial charge in [-0.2, -0.15) is 0 Å². The van der Waals surface area contributed by atoms with E-state index in [1.54, 1.807) is 13.1 Å². The van der Waals surface area contributed by atoms with E-state index in [0.29, 0.717) is 18.7 Å². The molecule has 8 heteroatoms. The van der Waals surface area contributed by atoms with Gasteiger partial charge in [0.2, 0.25) is 9.23 Å². The number of pyridine rings is 1. The average Bonchev–Trinajstić information content (AvgIpc) is 2.48. The Morgan fingerprint density at radius 3 is 2.35 bits per heavy atom. The maximum absolute atomic E-state index is 11.8. The zero-order valence-corrected chi connectivity index (χ0v) is 15.4. The van der Waals surface area contributed by atoms with Gasteiger partial charge in [-0.3, -0.25) is 0 Å². The average molecular weight is 397 g/mol. The van der Waals surface area contributed by atoms with Gasteiger partial charge in [0.05, 0.1) is 6.61 Å². The molecule has 0 aliphatic heterocycles. The highest BCUT2D eigenvalue weighted by Gasteiger charge is 2.13. The second-order valence-electron chi connectivity index (χ2n) is 4.08. The molecule has 1 heterocycles. The number of hydrogen-bond acceptors (Lipinski definition) is 4. The summed E-state index contributed by atoms with van der Waals surface area (Å²) in [5.74, 6) is -0.357. The first-order valence-electron chi connectivity index (χ1n) is 6.43. The van der Waals surface area contributed by atoms with Crippen LogP contribution in [0.2, 0.25) is 0 Å². The maximum Gasteiger partial charge on any atom is 0.357 e. The van der Waals surface area contributed by atoms with Crippen LogP contribution in [-0.2, 0) is 20.4 Å². The number of carbonyl (C=O) groups is 1. The molecular formula is C15H16Cl3NO3S. The molecule has 1 aromatic carbocycles. The van der Waals surface area contributed by atoms with Crippen LogP contribution in [0, 0.1) is 0 Å². The minimum absolute atomic E-state index is 0. The minimum atomic E-state index is -1.67. The fourth-order valence-electron chi connectivity index (χ4n) is 1.78. The summed E-state index contributed by atoms with van der Waals surface area (Å²) in [5.41, 5.74) is 2.45. The van der Waals surface area contributed by atoms with Gasteiger partial charge in [0.15, 0.2) is 5.69 Å². The summed E-state index contributed by atoms with van der Waals surface area (Å²) in [7, 11) is 7.36. The van der Waals surface area contributed by atoms with E-state index >= 15 is 0 Å². The summed E-state index contributed by atoms with van der Waals surface area (Å²) in [6.45, 7) is 2.15. The lowest BCUT2D eigenvalue weighted by Crippen LogP contribution is -2.10. The van der Waals surface area contributed by atoms with E-state index in [0.717, 1.165) is 11.1 Å². The molecule has 0 radical (unpaired) electrons. The first kappa shape index (κ1) is 21.9. The van der Waals surface area contributed by atoms with Crippen LogP contribution in [0.25, 0.3) is 0 Å². The van der Waals surface area contributed by atoms with Crippen LogP contribution >= 0.6 is 33.8 Å². The van der Waals surface area contributed by atoms with E-state index in [4.69, 9.17) is 8.95 Å². The molecule has 0 saturated heterocycles. The molecule has 0 N–H and O–H groups in total. The molecule has 2 rings (SSSR count). The Balaban J connectivity index is 0.000000871. The largest absolute Gasteiger partial charge is 0.461 e. The van der Waals surface area contributed by atoms with E-state index in [-0.39, 0.29) is 18.4 Å². The van der Waals surface area contributed by atoms with Crippen LogP contribution in [0.4, 0.5) is 0 Å². The van der Waals surface area contributed by atoms with Crippen LogP contribution < -0.4 is 0 Å². The standard InChI is InChI=1S/C15H15NO2.Cl2OS.ClH/c1-2-18-15(17)14-13(9-6-10-16-14)11-12-7-4-3-5-8-12;1-4(2)3;/h3-10H,2,11H2,1H3;;1H. The molecule has 0 amide bonds. The normalized spacial score (nSPS) is 9.39. The van der Waals surface area contributed by atoms with Crippen LogP contribution in [0.5, 0.6) is 0 Å². The van der Waals surface area contributed by atoms with Crippen LogP contribution in [0.1, 0.15) is 28.5 Å². The van der Waals surface area contributed by atoms with Crippen molar-refractivity contribution in [2.24, 2.45) is 0 Å². The monoisotopic (exact) mass is 395 g/mol. The van der Waals surface area contributed by atoms with Crippen molar-refractivity contribution in [3.63, 3.8) is 0 Å². The first-order chi connectivity index (χ1) is 10.5. The molecule has 0 fully saturated rings. The summed E-state index contributed by atoms with van der Waals surface area (Å²) in [6.07, 6.45) is 2.30. The Labute approximate surface area is 153 Å². The van der Waals surface area contributed by atoms with Crippen molar-refractivity contribution >= 4 is 49.0 Å². The summed E-state index contributed by atoms with van der Waals surface area (Å²) in [6, 6.07) is 13.7. The second-order valence-corrected chi connectivity index (χ2v) is 6.60. The fourth-order valence-corrected chi connectivity index (χ4v) is 1.78. The number of nitrogens with zero attached hydrogens (tertiary/aromatic N) is 1. The van der Waals surface area contributed by atoms with Gasteiger partial charge in [-0.1, -0.05) is 36.4 Å². The van der Waals surface area contributed by atoms with Gasteiger partial charge in [-0.05, 0) is 30.5 Å². The molecule has 2 aromatic rings. The van der Waals surface area contributed by atoms with Gasteiger partial charge in [0.25, 0.3) is 0 Å². The van der Waals surface area contributed by atoms with E-state index < -0.39 is 9.23 Å². The third kappa shape index (κ3) is 8.91. The molecule has 0 atom stereocenters. The van der Waals surface area contributed by atoms with E-state index in [9.17, 15) is 4.79 Å². The summed E-state index contributed by atoms with van der Waals surface area (Å²) in [5, 5.41) is 0. The highest BCUT2D eigenvalue weighted by molar-refractivity contribution is 8.26. The van der Waals surface area contributed by atoms with Gasteiger partial charge in [-0.25, -0.2) is 14.0 Å². The van der Waals surface area contributed by atoms with Gasteiger partial charge >= 0.3 is 5.97 Å². The summed E-state index contributed by atoms with van der Waals surface area (Å²) < 4.78 is 14.1. The molecule has 0 aliphatic carbocycles. The Hall–Kier alpha value is -1.14. The van der Waals surface area contributed by atoms with E-state index in [2.05, 4.69) is 26.3 Å². The van der Waals surface area contributed by atoms with Crippen molar-refractivity contribution < 1.29 is 13.7 Å². The molecule has 1 aromatic heterocycles. The third-order valence-electron chi connectivity index (χ3n) is 2.60. The fraction of sp³-hybridized carbons (Fsp3) is 0.200. The molecule has 0 aliphatic rings. The quantitative estimate of drug-likeness (QED) is 0.570. The molecule has 0 spiro atoms. The summed E-state index contributed by atoms with van der Waals surface area (Å²) >= 11 is 0. The van der Waals surface area contributed by atoms with Crippen molar-refractivity contribution in [1.29, 1.82) is 0 Å². The number of aromatic nitrogens is 1. The van der Waals surface area contributed by atoms with Crippen LogP contribution in [0.3, 0.4) is 0 Å². The smallest absolute Gasteiger partial charge is 0.357 e. The number of carbonyl (C=O) groups excluding carboxylic acids is 1. The van der Waals surface area contributed by atoms with Crippen molar-refractivity contribution in [3.05, 3.63) is 65.5 Å². The molecular weight excluding hydrogens is 381 g/mol. The number of esters is 1. The topological polar surface area (TPSA) is 56.3 Å². The van der Waals surface area contributed by atoms with Crippen molar-refractivity contribution in [3.8, 4) is 0 Å². The van der Waals surface area contributed by atoms with Crippen LogP contribution in [0.15, 0.2) is 48.7 Å². The number of benzene rings is 1. The number of ether oxygens (including phenoxy) is 1. The lowest BCUT2D eigenvalue weighted by molar-refractivity contribution is 0.0518. The number of halogens is 3. The van der Waals surface area contributed by atoms with Crippen molar-refractivity contribution in [1.82, 2.24) is 4.98 Å². The Morgan fingerprint density at radius 2 is 1.78 bits per heavy atom. The predicted molar refractivity (Wildman–Crippen MR) is 96.5 cm³/mol. The summed E-state index contributed by atoms with van der Waals surface area (Å²) in [4.78, 5) is 15.9. The highest BCUT2D eigenvalue weighted by Crippen LogP contribution is 2.13. The van der Waals surface area contributed by atoms with Gasteiger partial charge in [-0.15, -0.1) is 12.4 Å². The Morgan fingerprint density at radius 1 is 1.17 bits per heavy atom. The SMILES string of the molecule is CCOC(=O)c1ncccc1Cc1ccccc1.Cl.O=S(Cl)Cl. The maximum atomic E-state index is 11.8. The molecule has 126 valence electrons. The third-order valence-corrected chi connectivity index (χ3v) is 2.60. The lowest BCUT2D eigenvalue weighted by Gasteiger charge is -2.07. The predicted octanol–water partition coefficient (Wildman–Crippen LogP) is 4.31. The molecule has 0 unspecified atom stereocenters. The Kier molecular flexibility index (Phi) is 11.7. The zero-order valence-electron chi connectivity index (χ0n) is 12.3. The van der Waals surface area contributed by atoms with Crippen LogP contribution in [-0.4, -0.2) is 21.8 Å².